The quantitative estimate of drug-likeness (QED) is 0.777. The Bertz CT molecular complexity index is 952. The Labute approximate surface area is 157 Å². The first-order chi connectivity index (χ1) is 12.8. The number of carbonyl (C=O) groups excluding carboxylic acids is 1. The van der Waals surface area contributed by atoms with Crippen LogP contribution in [0, 0.1) is 0 Å². The molecule has 0 aliphatic carbocycles. The van der Waals surface area contributed by atoms with Crippen molar-refractivity contribution in [2.24, 2.45) is 0 Å². The van der Waals surface area contributed by atoms with Crippen LogP contribution in [-0.4, -0.2) is 71.5 Å². The fourth-order valence-electron chi connectivity index (χ4n) is 3.74. The van der Waals surface area contributed by atoms with E-state index < -0.39 is 10.0 Å². The number of aliphatic hydroxyl groups is 1. The van der Waals surface area contributed by atoms with Crippen LogP contribution in [0.2, 0.25) is 0 Å². The second kappa shape index (κ2) is 6.61. The molecule has 1 amide bonds. The van der Waals surface area contributed by atoms with E-state index in [2.05, 4.69) is 15.2 Å². The number of aliphatic hydroxyl groups excluding tert-OH is 1. The Balaban J connectivity index is 1.70. The van der Waals surface area contributed by atoms with Crippen molar-refractivity contribution in [2.45, 2.75) is 24.9 Å². The third-order valence-electron chi connectivity index (χ3n) is 5.18. The molecule has 0 bridgehead atoms. The standard InChI is InChI=1S/C17H21N5O4S/c1-27(25,26)22-9-14(16-18-10-19-20-16)13-8-11(2-3-15(13)22)17(24)21-6-4-12(23)5-7-21/h2-3,8,10,12,14,23H,4-7,9H2,1H3,(H,18,19,20). The van der Waals surface area contributed by atoms with Crippen molar-refractivity contribution in [2.75, 3.05) is 30.2 Å². The number of anilines is 1. The SMILES string of the molecule is CS(=O)(=O)N1CC(c2ncn[nH]2)c2cc(C(=O)N3CCC(O)CC3)ccc21. The van der Waals surface area contributed by atoms with Crippen molar-refractivity contribution in [1.82, 2.24) is 20.1 Å². The van der Waals surface area contributed by atoms with Gasteiger partial charge in [-0.25, -0.2) is 13.4 Å². The molecule has 2 aliphatic heterocycles. The van der Waals surface area contributed by atoms with Crippen LogP contribution in [0.1, 0.15) is 40.5 Å². The van der Waals surface area contributed by atoms with Gasteiger partial charge in [-0.3, -0.25) is 14.2 Å². The van der Waals surface area contributed by atoms with Crippen LogP contribution in [0.25, 0.3) is 0 Å². The zero-order chi connectivity index (χ0) is 19.2. The van der Waals surface area contributed by atoms with Crippen LogP contribution < -0.4 is 4.31 Å². The summed E-state index contributed by atoms with van der Waals surface area (Å²) in [6.07, 6.45) is 3.33. The van der Waals surface area contributed by atoms with Crippen molar-refractivity contribution >= 4 is 21.6 Å². The van der Waals surface area contributed by atoms with Crippen LogP contribution in [-0.2, 0) is 10.0 Å². The Morgan fingerprint density at radius 1 is 1.30 bits per heavy atom. The highest BCUT2D eigenvalue weighted by atomic mass is 32.2. The van der Waals surface area contributed by atoms with E-state index >= 15 is 0 Å². The number of likely N-dealkylation sites (tertiary alicyclic amines) is 1. The van der Waals surface area contributed by atoms with Gasteiger partial charge in [0.05, 0.1) is 24.0 Å². The zero-order valence-electron chi connectivity index (χ0n) is 14.9. The lowest BCUT2D eigenvalue weighted by Crippen LogP contribution is -2.40. The molecule has 4 rings (SSSR count). The second-order valence-electron chi connectivity index (χ2n) is 7.01. The van der Waals surface area contributed by atoms with Crippen LogP contribution in [0.5, 0.6) is 0 Å². The van der Waals surface area contributed by atoms with Gasteiger partial charge in [-0.15, -0.1) is 0 Å². The van der Waals surface area contributed by atoms with E-state index in [0.29, 0.717) is 43.0 Å². The Morgan fingerprint density at radius 3 is 2.67 bits per heavy atom. The largest absolute Gasteiger partial charge is 0.393 e. The van der Waals surface area contributed by atoms with Crippen LogP contribution in [0.4, 0.5) is 5.69 Å². The molecule has 1 atom stereocenters. The Hall–Kier alpha value is -2.46. The number of carbonyl (C=O) groups is 1. The third-order valence-corrected chi connectivity index (χ3v) is 6.33. The molecule has 27 heavy (non-hydrogen) atoms. The molecular weight excluding hydrogens is 370 g/mol. The molecule has 0 radical (unpaired) electrons. The van der Waals surface area contributed by atoms with Gasteiger partial charge in [0.25, 0.3) is 5.91 Å². The van der Waals surface area contributed by atoms with E-state index in [1.165, 1.54) is 10.6 Å². The number of hydrogen-bond donors (Lipinski definition) is 2. The van der Waals surface area contributed by atoms with Gasteiger partial charge < -0.3 is 10.0 Å². The second-order valence-corrected chi connectivity index (χ2v) is 8.92. The molecule has 2 aromatic rings. The summed E-state index contributed by atoms with van der Waals surface area (Å²) in [6, 6.07) is 5.09. The highest BCUT2D eigenvalue weighted by Crippen LogP contribution is 2.40. The number of fused-ring (bicyclic) bond motifs is 1. The summed E-state index contributed by atoms with van der Waals surface area (Å²) >= 11 is 0. The number of sulfonamides is 1. The first-order valence-corrected chi connectivity index (χ1v) is 10.6. The monoisotopic (exact) mass is 391 g/mol. The Morgan fingerprint density at radius 2 is 2.04 bits per heavy atom. The molecule has 9 nitrogen and oxygen atoms in total. The average molecular weight is 391 g/mol. The van der Waals surface area contributed by atoms with Crippen molar-refractivity contribution in [3.63, 3.8) is 0 Å². The number of benzene rings is 1. The van der Waals surface area contributed by atoms with Gasteiger partial charge >= 0.3 is 0 Å². The summed E-state index contributed by atoms with van der Waals surface area (Å²) < 4.78 is 25.7. The van der Waals surface area contributed by atoms with Gasteiger partial charge in [-0.1, -0.05) is 0 Å². The minimum Gasteiger partial charge on any atom is -0.393 e. The van der Waals surface area contributed by atoms with Gasteiger partial charge in [0.15, 0.2) is 0 Å². The first-order valence-electron chi connectivity index (χ1n) is 8.79. The number of amides is 1. The van der Waals surface area contributed by atoms with E-state index in [4.69, 9.17) is 0 Å². The van der Waals surface area contributed by atoms with E-state index in [0.717, 1.165) is 11.8 Å². The molecule has 1 saturated heterocycles. The summed E-state index contributed by atoms with van der Waals surface area (Å²) in [5.41, 5.74) is 1.80. The molecule has 1 aromatic heterocycles. The van der Waals surface area contributed by atoms with Gasteiger partial charge in [0.1, 0.15) is 12.2 Å². The number of rotatable bonds is 3. The van der Waals surface area contributed by atoms with Crippen molar-refractivity contribution in [3.8, 4) is 0 Å². The molecule has 1 unspecified atom stereocenters. The third kappa shape index (κ3) is 3.30. The van der Waals surface area contributed by atoms with E-state index in [1.807, 2.05) is 0 Å². The lowest BCUT2D eigenvalue weighted by atomic mass is 9.97. The highest BCUT2D eigenvalue weighted by Gasteiger charge is 2.37. The van der Waals surface area contributed by atoms with E-state index in [1.54, 1.807) is 23.1 Å². The summed E-state index contributed by atoms with van der Waals surface area (Å²) in [4.78, 5) is 18.8. The van der Waals surface area contributed by atoms with Crippen molar-refractivity contribution in [1.29, 1.82) is 0 Å². The highest BCUT2D eigenvalue weighted by molar-refractivity contribution is 7.92. The maximum Gasteiger partial charge on any atom is 0.253 e. The van der Waals surface area contributed by atoms with Gasteiger partial charge in [-0.2, -0.15) is 5.10 Å². The normalized spacial score (nSPS) is 20.7. The molecule has 144 valence electrons. The fourth-order valence-corrected chi connectivity index (χ4v) is 4.68. The van der Waals surface area contributed by atoms with Gasteiger partial charge in [0, 0.05) is 25.2 Å². The molecule has 10 heteroatoms. The summed E-state index contributed by atoms with van der Waals surface area (Å²) in [5.74, 6) is 0.139. The smallest absolute Gasteiger partial charge is 0.253 e. The minimum atomic E-state index is -3.45. The molecule has 1 fully saturated rings. The maximum absolute atomic E-state index is 12.9. The molecule has 2 N–H and O–H groups in total. The van der Waals surface area contributed by atoms with Gasteiger partial charge in [-0.05, 0) is 36.6 Å². The molecule has 2 aliphatic rings. The van der Waals surface area contributed by atoms with Gasteiger partial charge in [0.2, 0.25) is 10.0 Å². The van der Waals surface area contributed by atoms with E-state index in [9.17, 15) is 18.3 Å². The molecule has 1 aromatic carbocycles. The van der Waals surface area contributed by atoms with Crippen LogP contribution in [0.15, 0.2) is 24.5 Å². The summed E-state index contributed by atoms with van der Waals surface area (Å²) in [6.45, 7) is 1.24. The predicted molar refractivity (Wildman–Crippen MR) is 98.0 cm³/mol. The lowest BCUT2D eigenvalue weighted by molar-refractivity contribution is 0.0546. The predicted octanol–water partition coefficient (Wildman–Crippen LogP) is 0.313. The number of aromatic amines is 1. The zero-order valence-corrected chi connectivity index (χ0v) is 15.7. The van der Waals surface area contributed by atoms with Crippen molar-refractivity contribution in [3.05, 3.63) is 41.5 Å². The number of nitrogens with one attached hydrogen (secondary N) is 1. The maximum atomic E-state index is 12.9. The van der Waals surface area contributed by atoms with Crippen LogP contribution >= 0.6 is 0 Å². The molecule has 3 heterocycles. The molecule has 0 spiro atoms. The topological polar surface area (TPSA) is 119 Å². The molecule has 0 saturated carbocycles. The minimum absolute atomic E-state index is 0.112. The number of nitrogens with zero attached hydrogens (tertiary/aromatic N) is 4. The van der Waals surface area contributed by atoms with E-state index in [-0.39, 0.29) is 24.5 Å². The van der Waals surface area contributed by atoms with Crippen LogP contribution in [0.3, 0.4) is 0 Å². The lowest BCUT2D eigenvalue weighted by Gasteiger charge is -2.29. The number of hydrogen-bond acceptors (Lipinski definition) is 6. The average Bonchev–Trinajstić information content (AvgIpc) is 3.28. The number of piperidine rings is 1. The fraction of sp³-hybridized carbons (Fsp3) is 0.471. The summed E-state index contributed by atoms with van der Waals surface area (Å²) in [7, 11) is -3.45. The molecular formula is C17H21N5O4S. The number of H-pyrrole nitrogens is 1. The number of aromatic nitrogens is 3. The van der Waals surface area contributed by atoms with Crippen molar-refractivity contribution < 1.29 is 18.3 Å². The first kappa shape index (κ1) is 17.9. The Kier molecular flexibility index (Phi) is 4.39. The summed E-state index contributed by atoms with van der Waals surface area (Å²) in [5, 5.41) is 16.3.